The average molecular weight is 319 g/mol. The number of rotatable bonds is 8. The second-order valence-corrected chi connectivity index (χ2v) is 5.84. The SMILES string of the molecule is COCCc1ccc(OCC(=O)N(C)Cc2ccsc2)cc1. The lowest BCUT2D eigenvalue weighted by molar-refractivity contribution is -0.132. The molecular weight excluding hydrogens is 298 g/mol. The number of hydrogen-bond donors (Lipinski definition) is 0. The fourth-order valence-corrected chi connectivity index (χ4v) is 2.63. The van der Waals surface area contributed by atoms with E-state index in [1.54, 1.807) is 30.4 Å². The molecule has 0 aliphatic rings. The lowest BCUT2D eigenvalue weighted by Crippen LogP contribution is -2.30. The van der Waals surface area contributed by atoms with Gasteiger partial charge >= 0.3 is 0 Å². The van der Waals surface area contributed by atoms with Crippen LogP contribution < -0.4 is 4.74 Å². The molecule has 1 heterocycles. The van der Waals surface area contributed by atoms with Crippen molar-refractivity contribution in [2.45, 2.75) is 13.0 Å². The van der Waals surface area contributed by atoms with Gasteiger partial charge in [0.1, 0.15) is 5.75 Å². The number of ether oxygens (including phenoxy) is 2. The van der Waals surface area contributed by atoms with E-state index in [9.17, 15) is 4.79 Å². The van der Waals surface area contributed by atoms with Crippen LogP contribution in [0, 0.1) is 0 Å². The van der Waals surface area contributed by atoms with E-state index in [0.717, 1.165) is 12.0 Å². The van der Waals surface area contributed by atoms with Crippen LogP contribution in [0.1, 0.15) is 11.1 Å². The molecule has 0 aliphatic carbocycles. The van der Waals surface area contributed by atoms with Gasteiger partial charge in [-0.15, -0.1) is 0 Å². The van der Waals surface area contributed by atoms with E-state index < -0.39 is 0 Å². The number of benzene rings is 1. The molecule has 0 atom stereocenters. The lowest BCUT2D eigenvalue weighted by atomic mass is 10.1. The highest BCUT2D eigenvalue weighted by Crippen LogP contribution is 2.13. The standard InChI is InChI=1S/C17H21NO3S/c1-18(11-15-8-10-22-13-15)17(19)12-21-16-5-3-14(4-6-16)7-9-20-2/h3-6,8,10,13H,7,9,11-12H2,1-2H3. The van der Waals surface area contributed by atoms with Crippen LogP contribution in [0.4, 0.5) is 0 Å². The highest BCUT2D eigenvalue weighted by atomic mass is 32.1. The maximum Gasteiger partial charge on any atom is 0.260 e. The van der Waals surface area contributed by atoms with Gasteiger partial charge in [-0.1, -0.05) is 12.1 Å². The molecule has 4 nitrogen and oxygen atoms in total. The summed E-state index contributed by atoms with van der Waals surface area (Å²) in [5.74, 6) is 0.674. The predicted octanol–water partition coefficient (Wildman–Crippen LogP) is 2.97. The minimum Gasteiger partial charge on any atom is -0.484 e. The summed E-state index contributed by atoms with van der Waals surface area (Å²) in [6, 6.07) is 9.78. The van der Waals surface area contributed by atoms with Crippen LogP contribution in [-0.2, 0) is 22.5 Å². The van der Waals surface area contributed by atoms with Crippen molar-refractivity contribution in [1.29, 1.82) is 0 Å². The molecule has 0 fully saturated rings. The normalized spacial score (nSPS) is 10.5. The quantitative estimate of drug-likeness (QED) is 0.751. The summed E-state index contributed by atoms with van der Waals surface area (Å²) >= 11 is 1.63. The topological polar surface area (TPSA) is 38.8 Å². The van der Waals surface area contributed by atoms with E-state index in [0.29, 0.717) is 18.9 Å². The largest absolute Gasteiger partial charge is 0.484 e. The smallest absolute Gasteiger partial charge is 0.260 e. The van der Waals surface area contributed by atoms with Crippen molar-refractivity contribution in [2.24, 2.45) is 0 Å². The molecule has 1 aromatic heterocycles. The average Bonchev–Trinajstić information content (AvgIpc) is 3.04. The number of amides is 1. The number of nitrogens with zero attached hydrogens (tertiary/aromatic N) is 1. The maximum atomic E-state index is 12.0. The summed E-state index contributed by atoms with van der Waals surface area (Å²) < 4.78 is 10.6. The van der Waals surface area contributed by atoms with E-state index in [1.807, 2.05) is 41.1 Å². The summed E-state index contributed by atoms with van der Waals surface area (Å²) in [5, 5.41) is 4.05. The Kier molecular flexibility index (Phi) is 6.43. The van der Waals surface area contributed by atoms with E-state index in [4.69, 9.17) is 9.47 Å². The monoisotopic (exact) mass is 319 g/mol. The Bertz CT molecular complexity index is 566. The number of thiophene rings is 1. The Labute approximate surface area is 135 Å². The van der Waals surface area contributed by atoms with Gasteiger partial charge in [0.2, 0.25) is 0 Å². The molecule has 0 saturated carbocycles. The van der Waals surface area contributed by atoms with Gasteiger partial charge in [0.25, 0.3) is 5.91 Å². The van der Waals surface area contributed by atoms with Gasteiger partial charge in [-0.25, -0.2) is 0 Å². The molecule has 0 N–H and O–H groups in total. The van der Waals surface area contributed by atoms with Crippen LogP contribution in [0.3, 0.4) is 0 Å². The van der Waals surface area contributed by atoms with Crippen LogP contribution in [0.25, 0.3) is 0 Å². The second-order valence-electron chi connectivity index (χ2n) is 5.06. The Hall–Kier alpha value is -1.85. The van der Waals surface area contributed by atoms with Gasteiger partial charge in [-0.05, 0) is 46.5 Å². The van der Waals surface area contributed by atoms with E-state index >= 15 is 0 Å². The van der Waals surface area contributed by atoms with E-state index in [1.165, 1.54) is 5.56 Å². The molecule has 2 rings (SSSR count). The highest BCUT2D eigenvalue weighted by Gasteiger charge is 2.10. The van der Waals surface area contributed by atoms with Crippen molar-refractivity contribution < 1.29 is 14.3 Å². The van der Waals surface area contributed by atoms with E-state index in [-0.39, 0.29) is 12.5 Å². The van der Waals surface area contributed by atoms with Crippen LogP contribution in [0.2, 0.25) is 0 Å². The number of methoxy groups -OCH3 is 1. The number of likely N-dealkylation sites (N-methyl/N-ethyl adjacent to an activating group) is 1. The maximum absolute atomic E-state index is 12.0. The van der Waals surface area contributed by atoms with Crippen molar-refractivity contribution >= 4 is 17.2 Å². The third-order valence-electron chi connectivity index (χ3n) is 3.31. The first kappa shape index (κ1) is 16.5. The molecule has 118 valence electrons. The van der Waals surface area contributed by atoms with Crippen molar-refractivity contribution in [3.63, 3.8) is 0 Å². The zero-order valence-corrected chi connectivity index (χ0v) is 13.8. The summed E-state index contributed by atoms with van der Waals surface area (Å²) in [6.07, 6.45) is 0.874. The van der Waals surface area contributed by atoms with Gasteiger partial charge in [-0.3, -0.25) is 4.79 Å². The Morgan fingerprint density at radius 2 is 1.95 bits per heavy atom. The second kappa shape index (κ2) is 8.56. The third-order valence-corrected chi connectivity index (χ3v) is 4.04. The van der Waals surface area contributed by atoms with E-state index in [2.05, 4.69) is 0 Å². The molecule has 0 radical (unpaired) electrons. The first-order valence-electron chi connectivity index (χ1n) is 7.15. The fourth-order valence-electron chi connectivity index (χ4n) is 1.97. The molecular formula is C17H21NO3S. The van der Waals surface area contributed by atoms with Gasteiger partial charge in [0.15, 0.2) is 6.61 Å². The zero-order chi connectivity index (χ0) is 15.8. The van der Waals surface area contributed by atoms with Gasteiger partial charge < -0.3 is 14.4 Å². The van der Waals surface area contributed by atoms with Gasteiger partial charge in [0.05, 0.1) is 6.61 Å². The number of carbonyl (C=O) groups is 1. The van der Waals surface area contributed by atoms with Crippen molar-refractivity contribution in [3.8, 4) is 5.75 Å². The Morgan fingerprint density at radius 1 is 1.18 bits per heavy atom. The molecule has 0 saturated heterocycles. The molecule has 5 heteroatoms. The highest BCUT2D eigenvalue weighted by molar-refractivity contribution is 7.07. The van der Waals surface area contributed by atoms with Crippen molar-refractivity contribution in [2.75, 3.05) is 27.4 Å². The van der Waals surface area contributed by atoms with Crippen molar-refractivity contribution in [3.05, 3.63) is 52.2 Å². The summed E-state index contributed by atoms with van der Waals surface area (Å²) in [7, 11) is 3.48. The minimum absolute atomic E-state index is 0.0327. The Balaban J connectivity index is 1.77. The first-order chi connectivity index (χ1) is 10.7. The van der Waals surface area contributed by atoms with Gasteiger partial charge in [0, 0.05) is 20.7 Å². The fraction of sp³-hybridized carbons (Fsp3) is 0.353. The van der Waals surface area contributed by atoms with Crippen LogP contribution in [0.5, 0.6) is 5.75 Å². The van der Waals surface area contributed by atoms with Gasteiger partial charge in [-0.2, -0.15) is 11.3 Å². The molecule has 0 bridgehead atoms. The molecule has 0 unspecified atom stereocenters. The molecule has 22 heavy (non-hydrogen) atoms. The predicted molar refractivity (Wildman–Crippen MR) is 88.3 cm³/mol. The zero-order valence-electron chi connectivity index (χ0n) is 13.0. The minimum atomic E-state index is -0.0327. The molecule has 1 aromatic carbocycles. The lowest BCUT2D eigenvalue weighted by Gasteiger charge is -2.16. The van der Waals surface area contributed by atoms with Crippen molar-refractivity contribution in [1.82, 2.24) is 4.90 Å². The summed E-state index contributed by atoms with van der Waals surface area (Å²) in [6.45, 7) is 1.37. The van der Waals surface area contributed by atoms with Crippen LogP contribution in [-0.4, -0.2) is 38.2 Å². The first-order valence-corrected chi connectivity index (χ1v) is 8.09. The molecule has 2 aromatic rings. The molecule has 0 spiro atoms. The molecule has 0 aliphatic heterocycles. The number of hydrogen-bond acceptors (Lipinski definition) is 4. The number of carbonyl (C=O) groups excluding carboxylic acids is 1. The molecule has 1 amide bonds. The third kappa shape index (κ3) is 5.16. The van der Waals surface area contributed by atoms with Crippen LogP contribution >= 0.6 is 11.3 Å². The summed E-state index contributed by atoms with van der Waals surface area (Å²) in [4.78, 5) is 13.7. The summed E-state index contributed by atoms with van der Waals surface area (Å²) in [5.41, 5.74) is 2.33. The Morgan fingerprint density at radius 3 is 2.59 bits per heavy atom. The van der Waals surface area contributed by atoms with Crippen LogP contribution in [0.15, 0.2) is 41.1 Å².